The third kappa shape index (κ3) is 2.96. The van der Waals surface area contributed by atoms with E-state index < -0.39 is 6.10 Å². The monoisotopic (exact) mass is 266 g/mol. The molecule has 0 aliphatic heterocycles. The molecule has 0 aromatic carbocycles. The Bertz CT molecular complexity index is 507. The van der Waals surface area contributed by atoms with Crippen LogP contribution < -0.4 is 5.32 Å². The Morgan fingerprint density at radius 1 is 1.67 bits per heavy atom. The molecule has 0 saturated heterocycles. The number of nitrogens with one attached hydrogen (secondary N) is 1. The number of carbonyl (C=O) groups excluding carboxylic acids is 1. The molecule has 2 N–H and O–H groups in total. The number of aromatic nitrogens is 1. The van der Waals surface area contributed by atoms with E-state index in [9.17, 15) is 9.90 Å². The average molecular weight is 266 g/mol. The zero-order valence-corrected chi connectivity index (χ0v) is 10.7. The molecule has 96 valence electrons. The highest BCUT2D eigenvalue weighted by molar-refractivity contribution is 7.13. The molecule has 2 rings (SSSR count). The summed E-state index contributed by atoms with van der Waals surface area (Å²) in [5.41, 5.74) is 0. The van der Waals surface area contributed by atoms with Crippen LogP contribution in [0.5, 0.6) is 0 Å². The molecule has 1 atom stereocenters. The Balaban J connectivity index is 1.88. The van der Waals surface area contributed by atoms with Gasteiger partial charge in [-0.1, -0.05) is 6.92 Å². The predicted molar refractivity (Wildman–Crippen MR) is 67.5 cm³/mol. The van der Waals surface area contributed by atoms with Crippen LogP contribution in [0.4, 0.5) is 0 Å². The summed E-state index contributed by atoms with van der Waals surface area (Å²) in [6.45, 7) is 2.10. The van der Waals surface area contributed by atoms with E-state index in [2.05, 4.69) is 10.3 Å². The van der Waals surface area contributed by atoms with Gasteiger partial charge < -0.3 is 14.8 Å². The van der Waals surface area contributed by atoms with Gasteiger partial charge in [-0.15, -0.1) is 11.3 Å². The molecule has 5 nitrogen and oxygen atoms in total. The number of rotatable bonds is 5. The van der Waals surface area contributed by atoms with Crippen molar-refractivity contribution in [2.75, 3.05) is 6.54 Å². The molecule has 1 amide bonds. The zero-order chi connectivity index (χ0) is 13.0. The van der Waals surface area contributed by atoms with E-state index in [0.29, 0.717) is 10.6 Å². The lowest BCUT2D eigenvalue weighted by Crippen LogP contribution is -2.27. The molecular weight excluding hydrogens is 252 g/mol. The van der Waals surface area contributed by atoms with Crippen molar-refractivity contribution < 1.29 is 14.3 Å². The highest BCUT2D eigenvalue weighted by atomic mass is 32.1. The highest BCUT2D eigenvalue weighted by Gasteiger charge is 2.14. The largest absolute Gasteiger partial charge is 0.467 e. The van der Waals surface area contributed by atoms with E-state index in [1.165, 1.54) is 17.6 Å². The van der Waals surface area contributed by atoms with E-state index in [0.717, 1.165) is 11.4 Å². The topological polar surface area (TPSA) is 75.4 Å². The van der Waals surface area contributed by atoms with Crippen molar-refractivity contribution in [1.29, 1.82) is 0 Å². The number of nitrogens with zero attached hydrogens (tertiary/aromatic N) is 1. The van der Waals surface area contributed by atoms with Gasteiger partial charge in [0.15, 0.2) is 0 Å². The van der Waals surface area contributed by atoms with Crippen LogP contribution in [-0.2, 0) is 6.42 Å². The Morgan fingerprint density at radius 3 is 3.11 bits per heavy atom. The third-order valence-electron chi connectivity index (χ3n) is 2.41. The van der Waals surface area contributed by atoms with E-state index in [1.54, 1.807) is 18.3 Å². The first kappa shape index (κ1) is 12.8. The number of aliphatic hydroxyl groups is 1. The van der Waals surface area contributed by atoms with Gasteiger partial charge in [0.25, 0.3) is 5.91 Å². The summed E-state index contributed by atoms with van der Waals surface area (Å²) in [6, 6.07) is 3.36. The molecule has 0 bridgehead atoms. The summed E-state index contributed by atoms with van der Waals surface area (Å²) in [7, 11) is 0. The number of carbonyl (C=O) groups is 1. The normalized spacial score (nSPS) is 12.3. The molecule has 1 unspecified atom stereocenters. The van der Waals surface area contributed by atoms with Crippen LogP contribution in [0.1, 0.15) is 33.5 Å². The molecule has 0 spiro atoms. The second-order valence-corrected chi connectivity index (χ2v) is 4.83. The van der Waals surface area contributed by atoms with E-state index in [-0.39, 0.29) is 12.5 Å². The lowest BCUT2D eigenvalue weighted by atomic mass is 10.3. The van der Waals surface area contributed by atoms with Gasteiger partial charge in [-0.05, 0) is 18.6 Å². The van der Waals surface area contributed by atoms with Gasteiger partial charge in [-0.25, -0.2) is 4.98 Å². The van der Waals surface area contributed by atoms with Crippen molar-refractivity contribution in [3.8, 4) is 0 Å². The lowest BCUT2D eigenvalue weighted by molar-refractivity contribution is 0.0905. The molecule has 0 saturated carbocycles. The lowest BCUT2D eigenvalue weighted by Gasteiger charge is -2.08. The van der Waals surface area contributed by atoms with Gasteiger partial charge in [-0.3, -0.25) is 4.79 Å². The van der Waals surface area contributed by atoms with Gasteiger partial charge in [0.1, 0.15) is 16.7 Å². The Hall–Kier alpha value is -1.66. The van der Waals surface area contributed by atoms with Gasteiger partial charge in [-0.2, -0.15) is 0 Å². The minimum Gasteiger partial charge on any atom is -0.467 e. The number of hydrogen-bond acceptors (Lipinski definition) is 5. The summed E-state index contributed by atoms with van der Waals surface area (Å²) in [5, 5.41) is 13.3. The Kier molecular flexibility index (Phi) is 4.11. The number of hydrogen-bond donors (Lipinski definition) is 2. The van der Waals surface area contributed by atoms with Crippen LogP contribution >= 0.6 is 11.3 Å². The summed E-state index contributed by atoms with van der Waals surface area (Å²) < 4.78 is 5.04. The second-order valence-electron chi connectivity index (χ2n) is 3.71. The van der Waals surface area contributed by atoms with E-state index in [1.807, 2.05) is 6.92 Å². The molecule has 18 heavy (non-hydrogen) atoms. The molecule has 0 aliphatic carbocycles. The summed E-state index contributed by atoms with van der Waals surface area (Å²) in [5.74, 6) is 0.214. The zero-order valence-electron chi connectivity index (χ0n) is 9.92. The Morgan fingerprint density at radius 2 is 2.50 bits per heavy atom. The summed E-state index contributed by atoms with van der Waals surface area (Å²) >= 11 is 1.36. The maximum absolute atomic E-state index is 11.8. The molecule has 6 heteroatoms. The minimum absolute atomic E-state index is 0.117. The standard InChI is InChI=1S/C12H14N2O3S/c1-2-11-13-7-10(18-11)12(16)14-6-8(15)9-4-3-5-17-9/h3-5,7-8,15H,2,6H2,1H3,(H,14,16). The van der Waals surface area contributed by atoms with Crippen molar-refractivity contribution >= 4 is 17.2 Å². The van der Waals surface area contributed by atoms with Crippen molar-refractivity contribution in [1.82, 2.24) is 10.3 Å². The van der Waals surface area contributed by atoms with Gasteiger partial charge in [0, 0.05) is 0 Å². The van der Waals surface area contributed by atoms with Crippen LogP contribution in [0.3, 0.4) is 0 Å². The fourth-order valence-corrected chi connectivity index (χ4v) is 2.21. The first-order valence-electron chi connectivity index (χ1n) is 5.65. The van der Waals surface area contributed by atoms with E-state index >= 15 is 0 Å². The SMILES string of the molecule is CCc1ncc(C(=O)NCC(O)c2ccco2)s1. The first-order chi connectivity index (χ1) is 8.70. The fourth-order valence-electron chi connectivity index (χ4n) is 1.44. The van der Waals surface area contributed by atoms with Crippen LogP contribution in [0.15, 0.2) is 29.0 Å². The molecule has 2 aromatic rings. The number of thiazole rings is 1. The number of aryl methyl sites for hydroxylation is 1. The highest BCUT2D eigenvalue weighted by Crippen LogP contribution is 2.14. The second kappa shape index (κ2) is 5.79. The molecular formula is C12H14N2O3S. The fraction of sp³-hybridized carbons (Fsp3) is 0.333. The maximum atomic E-state index is 11.8. The quantitative estimate of drug-likeness (QED) is 0.864. The first-order valence-corrected chi connectivity index (χ1v) is 6.46. The van der Waals surface area contributed by atoms with Crippen molar-refractivity contribution in [2.45, 2.75) is 19.4 Å². The smallest absolute Gasteiger partial charge is 0.263 e. The molecule has 2 heterocycles. The van der Waals surface area contributed by atoms with Gasteiger partial charge in [0.2, 0.25) is 0 Å². The van der Waals surface area contributed by atoms with E-state index in [4.69, 9.17) is 4.42 Å². The Labute approximate surface area is 108 Å². The van der Waals surface area contributed by atoms with Gasteiger partial charge >= 0.3 is 0 Å². The number of aliphatic hydroxyl groups excluding tert-OH is 1. The number of amides is 1. The van der Waals surface area contributed by atoms with Gasteiger partial charge in [0.05, 0.1) is 24.0 Å². The van der Waals surface area contributed by atoms with Crippen LogP contribution in [0.25, 0.3) is 0 Å². The van der Waals surface area contributed by atoms with Crippen LogP contribution in [0, 0.1) is 0 Å². The average Bonchev–Trinajstić information content (AvgIpc) is 3.05. The van der Waals surface area contributed by atoms with Crippen LogP contribution in [-0.4, -0.2) is 22.5 Å². The minimum atomic E-state index is -0.831. The maximum Gasteiger partial charge on any atom is 0.263 e. The summed E-state index contributed by atoms with van der Waals surface area (Å²) in [6.07, 6.45) is 3.02. The van der Waals surface area contributed by atoms with Crippen LogP contribution in [0.2, 0.25) is 0 Å². The molecule has 0 aliphatic rings. The predicted octanol–water partition coefficient (Wildman–Crippen LogP) is 1.76. The molecule has 0 radical (unpaired) electrons. The third-order valence-corrected chi connectivity index (χ3v) is 3.55. The van der Waals surface area contributed by atoms with Crippen molar-refractivity contribution in [2.24, 2.45) is 0 Å². The molecule has 0 fully saturated rings. The number of furan rings is 1. The van der Waals surface area contributed by atoms with Crippen molar-refractivity contribution in [3.05, 3.63) is 40.2 Å². The summed E-state index contributed by atoms with van der Waals surface area (Å²) in [4.78, 5) is 16.4. The van der Waals surface area contributed by atoms with Crippen molar-refractivity contribution in [3.63, 3.8) is 0 Å². The molecule has 2 aromatic heterocycles.